The predicted molar refractivity (Wildman–Crippen MR) is 99.8 cm³/mol. The molecule has 2 aromatic carbocycles. The topological polar surface area (TPSA) is 103 Å². The average molecular weight is 331 g/mol. The molecule has 0 radical (unpaired) electrons. The van der Waals surface area contributed by atoms with Crippen molar-refractivity contribution in [1.82, 2.24) is 9.97 Å². The average Bonchev–Trinajstić information content (AvgIpc) is 3.04. The Kier molecular flexibility index (Phi) is 3.70. The molecule has 0 bridgehead atoms. The number of nitrogens with zero attached hydrogens (tertiary/aromatic N) is 2. The largest absolute Gasteiger partial charge is 0.446 e. The molecule has 0 saturated carbocycles. The second-order valence-electron chi connectivity index (χ2n) is 5.71. The molecule has 0 fully saturated rings. The van der Waals surface area contributed by atoms with Gasteiger partial charge in [-0.25, -0.2) is 0 Å². The molecule has 0 spiro atoms. The van der Waals surface area contributed by atoms with Crippen LogP contribution in [-0.4, -0.2) is 9.97 Å². The molecule has 0 amide bonds. The number of fused-ring (bicyclic) bond motifs is 1. The van der Waals surface area contributed by atoms with Crippen LogP contribution < -0.4 is 16.8 Å². The number of hydrogen-bond donors (Lipinski definition) is 3. The third-order valence-corrected chi connectivity index (χ3v) is 4.03. The van der Waals surface area contributed by atoms with Gasteiger partial charge < -0.3 is 21.2 Å². The summed E-state index contributed by atoms with van der Waals surface area (Å²) in [4.78, 5) is 8.04. The van der Waals surface area contributed by atoms with E-state index in [9.17, 15) is 0 Å². The lowest BCUT2D eigenvalue weighted by molar-refractivity contribution is 0.599. The minimum absolute atomic E-state index is 0.107. The fourth-order valence-electron chi connectivity index (χ4n) is 2.79. The van der Waals surface area contributed by atoms with Crippen LogP contribution in [0.5, 0.6) is 0 Å². The molecule has 4 aromatic rings. The van der Waals surface area contributed by atoms with Crippen LogP contribution in [0, 0.1) is 0 Å². The second kappa shape index (κ2) is 6.16. The lowest BCUT2D eigenvalue weighted by Gasteiger charge is -2.07. The van der Waals surface area contributed by atoms with Crippen molar-refractivity contribution in [1.29, 1.82) is 0 Å². The quantitative estimate of drug-likeness (QED) is 0.527. The summed E-state index contributed by atoms with van der Waals surface area (Å²) in [5.41, 5.74) is 16.2. The number of nitrogen functional groups attached to an aromatic ring is 2. The lowest BCUT2D eigenvalue weighted by Crippen LogP contribution is -2.02. The first kappa shape index (κ1) is 15.0. The molecular weight excluding hydrogens is 314 g/mol. The highest BCUT2D eigenvalue weighted by atomic mass is 16.3. The van der Waals surface area contributed by atoms with Gasteiger partial charge in [0.2, 0.25) is 11.7 Å². The molecule has 5 N–H and O–H groups in total. The molecule has 0 aliphatic carbocycles. The van der Waals surface area contributed by atoms with Gasteiger partial charge in [-0.15, -0.1) is 0 Å². The van der Waals surface area contributed by atoms with Crippen molar-refractivity contribution in [3.05, 3.63) is 66.4 Å². The number of furan rings is 1. The van der Waals surface area contributed by atoms with Gasteiger partial charge in [0, 0.05) is 17.8 Å². The Balaban J connectivity index is 1.52. The summed E-state index contributed by atoms with van der Waals surface area (Å²) in [6.07, 6.45) is 1.63. The summed E-state index contributed by atoms with van der Waals surface area (Å²) in [5.74, 6) is 0.433. The van der Waals surface area contributed by atoms with E-state index in [1.807, 2.05) is 30.3 Å². The van der Waals surface area contributed by atoms with E-state index in [0.29, 0.717) is 23.5 Å². The Morgan fingerprint density at radius 3 is 2.36 bits per heavy atom. The summed E-state index contributed by atoms with van der Waals surface area (Å²) in [7, 11) is 0. The molecule has 124 valence electrons. The van der Waals surface area contributed by atoms with Crippen LogP contribution in [0.3, 0.4) is 0 Å². The van der Waals surface area contributed by atoms with Gasteiger partial charge in [-0.1, -0.05) is 42.5 Å². The molecule has 6 heteroatoms. The molecule has 0 aliphatic heterocycles. The van der Waals surface area contributed by atoms with Crippen molar-refractivity contribution in [2.75, 3.05) is 16.8 Å². The number of nitrogens with two attached hydrogens (primary N) is 2. The van der Waals surface area contributed by atoms with Crippen molar-refractivity contribution in [2.45, 2.75) is 6.54 Å². The normalized spacial score (nSPS) is 10.9. The number of benzene rings is 2. The first-order valence-corrected chi connectivity index (χ1v) is 7.89. The Hall–Kier alpha value is -3.54. The SMILES string of the molecule is Nc1nc(N)c2c(CNc3ccc(-c4ccccc4)cc3)coc2n1. The summed E-state index contributed by atoms with van der Waals surface area (Å²) in [6, 6.07) is 18.5. The number of nitrogens with one attached hydrogen (secondary N) is 1. The Morgan fingerprint density at radius 2 is 1.60 bits per heavy atom. The smallest absolute Gasteiger partial charge is 0.233 e. The molecule has 2 heterocycles. The number of rotatable bonds is 4. The lowest BCUT2D eigenvalue weighted by atomic mass is 10.1. The molecule has 6 nitrogen and oxygen atoms in total. The fourth-order valence-corrected chi connectivity index (χ4v) is 2.79. The molecule has 0 saturated heterocycles. The summed E-state index contributed by atoms with van der Waals surface area (Å²) >= 11 is 0. The van der Waals surface area contributed by atoms with E-state index in [1.54, 1.807) is 6.26 Å². The summed E-state index contributed by atoms with van der Waals surface area (Å²) in [5, 5.41) is 4.05. The number of aromatic nitrogens is 2. The molecule has 0 atom stereocenters. The van der Waals surface area contributed by atoms with Crippen molar-refractivity contribution < 1.29 is 4.42 Å². The maximum Gasteiger partial charge on any atom is 0.233 e. The van der Waals surface area contributed by atoms with Gasteiger partial charge in [0.25, 0.3) is 0 Å². The Morgan fingerprint density at radius 1 is 0.880 bits per heavy atom. The highest BCUT2D eigenvalue weighted by Gasteiger charge is 2.12. The van der Waals surface area contributed by atoms with Gasteiger partial charge in [-0.2, -0.15) is 9.97 Å². The van der Waals surface area contributed by atoms with Crippen LogP contribution in [0.15, 0.2) is 65.3 Å². The third-order valence-electron chi connectivity index (χ3n) is 4.03. The van der Waals surface area contributed by atoms with Crippen molar-refractivity contribution >= 4 is 28.6 Å². The second-order valence-corrected chi connectivity index (χ2v) is 5.71. The minimum atomic E-state index is 0.107. The molecule has 0 aliphatic rings. The van der Waals surface area contributed by atoms with Crippen LogP contribution in [0.25, 0.3) is 22.2 Å². The number of hydrogen-bond acceptors (Lipinski definition) is 6. The number of anilines is 3. The van der Waals surface area contributed by atoms with Crippen LogP contribution in [0.4, 0.5) is 17.5 Å². The fraction of sp³-hybridized carbons (Fsp3) is 0.0526. The van der Waals surface area contributed by atoms with E-state index in [-0.39, 0.29) is 5.95 Å². The maximum atomic E-state index is 5.94. The molecule has 2 aromatic heterocycles. The van der Waals surface area contributed by atoms with Crippen LogP contribution in [0.2, 0.25) is 0 Å². The molecule has 0 unspecified atom stereocenters. The molecular formula is C19H17N5O. The third kappa shape index (κ3) is 2.97. The zero-order valence-corrected chi connectivity index (χ0v) is 13.4. The zero-order valence-electron chi connectivity index (χ0n) is 13.4. The van der Waals surface area contributed by atoms with Gasteiger partial charge in [0.05, 0.1) is 11.6 Å². The summed E-state index contributed by atoms with van der Waals surface area (Å²) in [6.45, 7) is 0.551. The van der Waals surface area contributed by atoms with Crippen LogP contribution in [-0.2, 0) is 6.54 Å². The zero-order chi connectivity index (χ0) is 17.2. The van der Waals surface area contributed by atoms with Gasteiger partial charge in [-0.3, -0.25) is 0 Å². The van der Waals surface area contributed by atoms with Crippen molar-refractivity contribution in [3.8, 4) is 11.1 Å². The maximum absolute atomic E-state index is 5.94. The summed E-state index contributed by atoms with van der Waals surface area (Å²) < 4.78 is 5.42. The van der Waals surface area contributed by atoms with Gasteiger partial charge in [-0.05, 0) is 23.3 Å². The van der Waals surface area contributed by atoms with Gasteiger partial charge in [0.15, 0.2) is 0 Å². The highest BCUT2D eigenvalue weighted by molar-refractivity contribution is 5.88. The van der Waals surface area contributed by atoms with E-state index >= 15 is 0 Å². The van der Waals surface area contributed by atoms with E-state index in [4.69, 9.17) is 15.9 Å². The van der Waals surface area contributed by atoms with E-state index in [2.05, 4.69) is 39.6 Å². The van der Waals surface area contributed by atoms with E-state index in [1.165, 1.54) is 11.1 Å². The van der Waals surface area contributed by atoms with Crippen LogP contribution >= 0.6 is 0 Å². The van der Waals surface area contributed by atoms with Gasteiger partial charge in [0.1, 0.15) is 5.82 Å². The van der Waals surface area contributed by atoms with Gasteiger partial charge >= 0.3 is 0 Å². The van der Waals surface area contributed by atoms with E-state index in [0.717, 1.165) is 11.3 Å². The minimum Gasteiger partial charge on any atom is -0.446 e. The predicted octanol–water partition coefficient (Wildman–Crippen LogP) is 3.67. The standard InChI is InChI=1S/C19H17N5O/c20-17-16-14(11-25-18(16)24-19(21)23-17)10-22-15-8-6-13(7-9-15)12-4-2-1-3-5-12/h1-9,11,22H,10H2,(H4,20,21,23,24). The molecule has 25 heavy (non-hydrogen) atoms. The molecule has 4 rings (SSSR count). The van der Waals surface area contributed by atoms with Crippen molar-refractivity contribution in [2.24, 2.45) is 0 Å². The van der Waals surface area contributed by atoms with Crippen LogP contribution in [0.1, 0.15) is 5.56 Å². The monoisotopic (exact) mass is 331 g/mol. The van der Waals surface area contributed by atoms with Crippen molar-refractivity contribution in [3.63, 3.8) is 0 Å². The van der Waals surface area contributed by atoms with E-state index < -0.39 is 0 Å². The Bertz CT molecular complexity index is 1010. The highest BCUT2D eigenvalue weighted by Crippen LogP contribution is 2.26. The first-order valence-electron chi connectivity index (χ1n) is 7.89. The Labute approximate surface area is 144 Å². The first-order chi connectivity index (χ1) is 12.2.